The van der Waals surface area contributed by atoms with Gasteiger partial charge in [0.25, 0.3) is 0 Å². The normalized spacial score (nSPS) is 10.5. The molecule has 0 fully saturated rings. The third-order valence-electron chi connectivity index (χ3n) is 3.10. The number of benzene rings is 2. The molecule has 110 valence electrons. The van der Waals surface area contributed by atoms with E-state index < -0.39 is 5.82 Å². The Morgan fingerprint density at radius 2 is 2.00 bits per heavy atom. The number of halogens is 3. The average molecular weight is 388 g/mol. The van der Waals surface area contributed by atoms with Crippen LogP contribution in [0.25, 0.3) is 0 Å². The van der Waals surface area contributed by atoms with Crippen molar-refractivity contribution in [3.63, 3.8) is 0 Å². The summed E-state index contributed by atoms with van der Waals surface area (Å²) in [7, 11) is 1.80. The van der Waals surface area contributed by atoms with Crippen molar-refractivity contribution in [2.75, 3.05) is 11.9 Å². The third kappa shape index (κ3) is 3.54. The number of anilines is 1. The third-order valence-corrected chi connectivity index (χ3v) is 4.47. The molecule has 0 radical (unpaired) electrons. The zero-order chi connectivity index (χ0) is 15.6. The summed E-state index contributed by atoms with van der Waals surface area (Å²) in [4.78, 5) is 1.94. The van der Waals surface area contributed by atoms with Crippen LogP contribution in [0.1, 0.15) is 11.1 Å². The second kappa shape index (κ2) is 6.73. The summed E-state index contributed by atoms with van der Waals surface area (Å²) in [5, 5.41) is 0.656. The predicted octanol–water partition coefficient (Wildman–Crippen LogP) is 4.51. The largest absolute Gasteiger partial charge is 0.389 e. The van der Waals surface area contributed by atoms with Gasteiger partial charge in [-0.05, 0) is 39.7 Å². The van der Waals surface area contributed by atoms with Crippen LogP contribution in [0.5, 0.6) is 0 Å². The lowest BCUT2D eigenvalue weighted by atomic mass is 10.1. The maximum Gasteiger partial charge on any atom is 0.161 e. The van der Waals surface area contributed by atoms with Gasteiger partial charge in [-0.1, -0.05) is 42.0 Å². The molecule has 0 heterocycles. The van der Waals surface area contributed by atoms with Crippen molar-refractivity contribution in [1.82, 2.24) is 0 Å². The zero-order valence-electron chi connectivity index (χ0n) is 11.2. The molecule has 0 aliphatic carbocycles. The van der Waals surface area contributed by atoms with E-state index in [1.54, 1.807) is 24.1 Å². The Hall–Kier alpha value is -1.17. The Bertz CT molecular complexity index is 693. The SMILES string of the molecule is CN(Cc1ccccc1Cl)c1ccc(C(N)=S)c(Br)c1F. The van der Waals surface area contributed by atoms with Crippen LogP contribution in [0.4, 0.5) is 10.1 Å². The first-order valence-corrected chi connectivity index (χ1v) is 7.72. The number of hydrogen-bond donors (Lipinski definition) is 1. The summed E-state index contributed by atoms with van der Waals surface area (Å²) < 4.78 is 14.7. The molecule has 2 N–H and O–H groups in total. The molecule has 2 aromatic rings. The minimum Gasteiger partial charge on any atom is -0.389 e. The molecule has 0 atom stereocenters. The van der Waals surface area contributed by atoms with Crippen LogP contribution in [0, 0.1) is 5.82 Å². The van der Waals surface area contributed by atoms with E-state index >= 15 is 0 Å². The second-order valence-electron chi connectivity index (χ2n) is 4.57. The van der Waals surface area contributed by atoms with Crippen molar-refractivity contribution in [3.8, 4) is 0 Å². The Morgan fingerprint density at radius 1 is 1.33 bits per heavy atom. The van der Waals surface area contributed by atoms with Gasteiger partial charge in [-0.3, -0.25) is 0 Å². The molecule has 0 amide bonds. The van der Waals surface area contributed by atoms with E-state index in [4.69, 9.17) is 29.6 Å². The average Bonchev–Trinajstić information content (AvgIpc) is 2.43. The molecular formula is C15H13BrClFN2S. The lowest BCUT2D eigenvalue weighted by Crippen LogP contribution is -2.19. The molecule has 21 heavy (non-hydrogen) atoms. The van der Waals surface area contributed by atoms with Crippen LogP contribution in [0.3, 0.4) is 0 Å². The van der Waals surface area contributed by atoms with Gasteiger partial charge in [0.15, 0.2) is 5.82 Å². The first-order valence-electron chi connectivity index (χ1n) is 6.14. The lowest BCUT2D eigenvalue weighted by Gasteiger charge is -2.22. The molecule has 2 rings (SSSR count). The van der Waals surface area contributed by atoms with E-state index in [1.165, 1.54) is 0 Å². The number of rotatable bonds is 4. The second-order valence-corrected chi connectivity index (χ2v) is 6.21. The molecular weight excluding hydrogens is 375 g/mol. The minimum absolute atomic E-state index is 0.154. The summed E-state index contributed by atoms with van der Waals surface area (Å²) in [6.45, 7) is 0.495. The molecule has 0 aromatic heterocycles. The molecule has 2 aromatic carbocycles. The fourth-order valence-electron chi connectivity index (χ4n) is 1.99. The molecule has 0 saturated carbocycles. The van der Waals surface area contributed by atoms with Crippen LogP contribution in [0.2, 0.25) is 5.02 Å². The van der Waals surface area contributed by atoms with Gasteiger partial charge in [-0.25, -0.2) is 4.39 Å². The Labute approximate surface area is 141 Å². The number of hydrogen-bond acceptors (Lipinski definition) is 2. The Kier molecular flexibility index (Phi) is 5.19. The van der Waals surface area contributed by atoms with Crippen molar-refractivity contribution in [3.05, 3.63) is 62.8 Å². The van der Waals surface area contributed by atoms with E-state index in [1.807, 2.05) is 24.3 Å². The van der Waals surface area contributed by atoms with E-state index in [2.05, 4.69) is 15.9 Å². The van der Waals surface area contributed by atoms with Crippen molar-refractivity contribution in [2.24, 2.45) is 5.73 Å². The van der Waals surface area contributed by atoms with Gasteiger partial charge in [0.1, 0.15) is 4.99 Å². The molecule has 2 nitrogen and oxygen atoms in total. The quantitative estimate of drug-likeness (QED) is 0.783. The van der Waals surface area contributed by atoms with E-state index in [-0.39, 0.29) is 9.46 Å². The van der Waals surface area contributed by atoms with Crippen molar-refractivity contribution in [2.45, 2.75) is 6.54 Å². The topological polar surface area (TPSA) is 29.3 Å². The summed E-state index contributed by atoms with van der Waals surface area (Å²) in [5.41, 5.74) is 7.41. The molecule has 0 aliphatic heterocycles. The van der Waals surface area contributed by atoms with Crippen molar-refractivity contribution >= 4 is 50.4 Å². The summed E-state index contributed by atoms with van der Waals surface area (Å²) >= 11 is 14.2. The zero-order valence-corrected chi connectivity index (χ0v) is 14.4. The van der Waals surface area contributed by atoms with Gasteiger partial charge >= 0.3 is 0 Å². The first kappa shape index (κ1) is 16.2. The van der Waals surface area contributed by atoms with Crippen LogP contribution in [0.15, 0.2) is 40.9 Å². The predicted molar refractivity (Wildman–Crippen MR) is 93.5 cm³/mol. The molecule has 0 aliphatic rings. The number of nitrogens with zero attached hydrogens (tertiary/aromatic N) is 1. The Morgan fingerprint density at radius 3 is 2.62 bits per heavy atom. The van der Waals surface area contributed by atoms with Crippen LogP contribution < -0.4 is 10.6 Å². The van der Waals surface area contributed by atoms with Crippen molar-refractivity contribution < 1.29 is 4.39 Å². The number of nitrogens with two attached hydrogens (primary N) is 1. The Balaban J connectivity index is 2.32. The highest BCUT2D eigenvalue weighted by molar-refractivity contribution is 9.10. The van der Waals surface area contributed by atoms with Crippen LogP contribution in [-0.2, 0) is 6.54 Å². The molecule has 6 heteroatoms. The van der Waals surface area contributed by atoms with E-state index in [9.17, 15) is 4.39 Å². The molecule has 0 saturated heterocycles. The number of thiocarbonyl (C=S) groups is 1. The summed E-state index contributed by atoms with van der Waals surface area (Å²) in [5.74, 6) is -0.394. The van der Waals surface area contributed by atoms with Gasteiger partial charge in [0.05, 0.1) is 10.2 Å². The lowest BCUT2D eigenvalue weighted by molar-refractivity contribution is 0.615. The summed E-state index contributed by atoms with van der Waals surface area (Å²) in [6.07, 6.45) is 0. The van der Waals surface area contributed by atoms with Gasteiger partial charge in [0, 0.05) is 24.2 Å². The van der Waals surface area contributed by atoms with Crippen LogP contribution >= 0.6 is 39.7 Å². The minimum atomic E-state index is -0.394. The van der Waals surface area contributed by atoms with Crippen molar-refractivity contribution in [1.29, 1.82) is 0 Å². The summed E-state index contributed by atoms with van der Waals surface area (Å²) in [6, 6.07) is 10.8. The fraction of sp³-hybridized carbons (Fsp3) is 0.133. The van der Waals surface area contributed by atoms with Gasteiger partial charge in [-0.15, -0.1) is 0 Å². The van der Waals surface area contributed by atoms with E-state index in [0.717, 1.165) is 5.56 Å². The monoisotopic (exact) mass is 386 g/mol. The standard InChI is InChI=1S/C15H13BrClFN2S/c1-20(8-9-4-2-3-5-11(9)17)12-7-6-10(15(19)21)13(16)14(12)18/h2-7H,8H2,1H3,(H2,19,21). The van der Waals surface area contributed by atoms with Gasteiger partial charge < -0.3 is 10.6 Å². The highest BCUT2D eigenvalue weighted by Crippen LogP contribution is 2.30. The maximum atomic E-state index is 14.4. The maximum absolute atomic E-state index is 14.4. The van der Waals surface area contributed by atoms with E-state index in [0.29, 0.717) is 22.8 Å². The smallest absolute Gasteiger partial charge is 0.161 e. The van der Waals surface area contributed by atoms with Gasteiger partial charge in [0.2, 0.25) is 0 Å². The van der Waals surface area contributed by atoms with Crippen LogP contribution in [-0.4, -0.2) is 12.0 Å². The highest BCUT2D eigenvalue weighted by atomic mass is 79.9. The van der Waals surface area contributed by atoms with Gasteiger partial charge in [-0.2, -0.15) is 0 Å². The fourth-order valence-corrected chi connectivity index (χ4v) is 3.04. The first-order chi connectivity index (χ1) is 9.91. The highest BCUT2D eigenvalue weighted by Gasteiger charge is 2.16. The molecule has 0 unspecified atom stereocenters. The molecule has 0 spiro atoms. The molecule has 0 bridgehead atoms.